The number of aliphatic carboxylic acids is 3. The van der Waals surface area contributed by atoms with Crippen LogP contribution in [0.1, 0.15) is 73.7 Å². The van der Waals surface area contributed by atoms with E-state index in [0.29, 0.717) is 38.6 Å². The molecule has 4 rings (SSSR count). The number of fused-ring (bicyclic) bond motifs is 1. The molecule has 1 heterocycles. The van der Waals surface area contributed by atoms with Crippen LogP contribution in [0, 0.1) is 17.8 Å². The molecule has 1 aromatic heterocycles. The van der Waals surface area contributed by atoms with E-state index in [1.165, 1.54) is 12.3 Å². The highest BCUT2D eigenvalue weighted by Crippen LogP contribution is 2.29. The first-order valence-corrected chi connectivity index (χ1v) is 18.5. The molecule has 16 nitrogen and oxygen atoms in total. The Labute approximate surface area is 322 Å². The maximum atomic E-state index is 13.5. The van der Waals surface area contributed by atoms with Crippen LogP contribution in [0.4, 0.5) is 9.18 Å². The van der Waals surface area contributed by atoms with Gasteiger partial charge < -0.3 is 41.9 Å². The summed E-state index contributed by atoms with van der Waals surface area (Å²) in [5, 5.41) is 42.5. The van der Waals surface area contributed by atoms with Gasteiger partial charge in [-0.2, -0.15) is 4.39 Å². The van der Waals surface area contributed by atoms with E-state index in [1.54, 1.807) is 0 Å². The standard InChI is InChI=1S/C39H47FN6O10/c40-32-16-14-28(22-42-32)34(49)43-21-23-8-12-26(13-9-23)35(50)44-31(20-24-10-11-25-5-1-2-6-27(25)19-24)36(51)41-18-4-3-7-29(37(52)53)45-39(56)46-30(38(54)55)15-17-33(47)48/h1-2,5-6,10-11,14,16,19,22-23,26,29-31H,3-4,7-9,12-13,15,17-18,20-21H2,(H,41,51)(H,43,49)(H,44,50)(H,47,48)(H,52,53)(H,54,55)(H2,45,46,56)/t23-,26-,29-,30-,31-/m0/s1/i40-1. The smallest absolute Gasteiger partial charge is 0.326 e. The lowest BCUT2D eigenvalue weighted by Gasteiger charge is -2.29. The van der Waals surface area contributed by atoms with Crippen LogP contribution in [-0.2, 0) is 30.4 Å². The minimum Gasteiger partial charge on any atom is -0.481 e. The summed E-state index contributed by atoms with van der Waals surface area (Å²) in [5.74, 6) is -5.99. The molecule has 2 aromatic carbocycles. The van der Waals surface area contributed by atoms with Gasteiger partial charge in [0.05, 0.1) is 5.56 Å². The fraction of sp³-hybridized carbons (Fsp3) is 0.436. The van der Waals surface area contributed by atoms with Crippen LogP contribution < -0.4 is 26.6 Å². The third-order valence-corrected chi connectivity index (χ3v) is 9.72. The average molecular weight is 778 g/mol. The molecule has 3 aromatic rings. The molecular formula is C39H47FN6O10. The number of rotatable bonds is 20. The Bertz CT molecular complexity index is 1870. The Hall–Kier alpha value is -6.13. The number of pyridine rings is 1. The highest BCUT2D eigenvalue weighted by Gasteiger charge is 2.30. The fourth-order valence-corrected chi connectivity index (χ4v) is 6.53. The van der Waals surface area contributed by atoms with E-state index in [1.807, 2.05) is 42.5 Å². The number of carboxylic acid groups (broad SMARTS) is 3. The SMILES string of the molecule is O=C(O)CC[C@H](NC(=O)N[C@@H](CCCCNC(=O)[C@H](Cc1ccc2ccccc2c1)NC(=O)[C@H]1CC[C@H](CNC(=O)c2ccc([18F])nc2)CC1)C(=O)O)C(=O)O. The molecule has 5 amide bonds. The van der Waals surface area contributed by atoms with E-state index < -0.39 is 60.3 Å². The van der Waals surface area contributed by atoms with Gasteiger partial charge in [-0.3, -0.25) is 19.2 Å². The summed E-state index contributed by atoms with van der Waals surface area (Å²) in [6.07, 6.45) is 3.50. The van der Waals surface area contributed by atoms with Gasteiger partial charge in [-0.05, 0) is 85.8 Å². The van der Waals surface area contributed by atoms with Crippen LogP contribution in [0.3, 0.4) is 0 Å². The molecule has 8 N–H and O–H groups in total. The van der Waals surface area contributed by atoms with Gasteiger partial charge in [0.2, 0.25) is 17.8 Å². The third kappa shape index (κ3) is 13.6. The van der Waals surface area contributed by atoms with Crippen LogP contribution in [0.25, 0.3) is 10.8 Å². The topological polar surface area (TPSA) is 253 Å². The number of aromatic nitrogens is 1. The summed E-state index contributed by atoms with van der Waals surface area (Å²) < 4.78 is 13.1. The molecule has 17 heteroatoms. The van der Waals surface area contributed by atoms with Crippen LogP contribution in [0.15, 0.2) is 60.8 Å². The second-order valence-corrected chi connectivity index (χ2v) is 13.9. The molecule has 0 saturated heterocycles. The number of hydrogen-bond donors (Lipinski definition) is 8. The van der Waals surface area contributed by atoms with Crippen LogP contribution >= 0.6 is 0 Å². The van der Waals surface area contributed by atoms with Crippen molar-refractivity contribution in [1.82, 2.24) is 31.6 Å². The fourth-order valence-electron chi connectivity index (χ4n) is 6.53. The van der Waals surface area contributed by atoms with Crippen molar-refractivity contribution < 1.29 is 53.3 Å². The van der Waals surface area contributed by atoms with Crippen LogP contribution in [-0.4, -0.2) is 93.2 Å². The number of carbonyl (C=O) groups excluding carboxylic acids is 4. The van der Waals surface area contributed by atoms with Crippen molar-refractivity contribution in [3.63, 3.8) is 0 Å². The van der Waals surface area contributed by atoms with Crippen molar-refractivity contribution in [2.75, 3.05) is 13.1 Å². The maximum absolute atomic E-state index is 13.5. The van der Waals surface area contributed by atoms with Gasteiger partial charge in [0.1, 0.15) is 18.1 Å². The van der Waals surface area contributed by atoms with E-state index in [9.17, 15) is 48.2 Å². The highest BCUT2D eigenvalue weighted by molar-refractivity contribution is 5.94. The van der Waals surface area contributed by atoms with E-state index in [-0.39, 0.29) is 61.4 Å². The van der Waals surface area contributed by atoms with E-state index in [0.717, 1.165) is 22.4 Å². The minimum absolute atomic E-state index is 0.0431. The summed E-state index contributed by atoms with van der Waals surface area (Å²) in [5.41, 5.74) is 1.09. The molecule has 300 valence electrons. The van der Waals surface area contributed by atoms with Crippen molar-refractivity contribution in [1.29, 1.82) is 0 Å². The number of unbranched alkanes of at least 4 members (excludes halogenated alkanes) is 1. The van der Waals surface area contributed by atoms with Crippen molar-refractivity contribution in [3.05, 3.63) is 77.9 Å². The zero-order valence-corrected chi connectivity index (χ0v) is 30.7. The zero-order chi connectivity index (χ0) is 40.6. The monoisotopic (exact) mass is 777 g/mol. The van der Waals surface area contributed by atoms with Gasteiger partial charge in [-0.1, -0.05) is 42.5 Å². The normalized spacial score (nSPS) is 16.7. The van der Waals surface area contributed by atoms with E-state index >= 15 is 0 Å². The van der Waals surface area contributed by atoms with E-state index in [4.69, 9.17) is 5.11 Å². The first-order chi connectivity index (χ1) is 26.8. The zero-order valence-electron chi connectivity index (χ0n) is 30.7. The molecular weight excluding hydrogens is 730 g/mol. The van der Waals surface area contributed by atoms with Gasteiger partial charge in [0, 0.05) is 38.0 Å². The lowest BCUT2D eigenvalue weighted by molar-refractivity contribution is -0.141. The lowest BCUT2D eigenvalue weighted by Crippen LogP contribution is -2.51. The van der Waals surface area contributed by atoms with Gasteiger partial charge in [0.15, 0.2) is 0 Å². The highest BCUT2D eigenvalue weighted by atomic mass is 18.2. The van der Waals surface area contributed by atoms with Crippen molar-refractivity contribution >= 4 is 52.4 Å². The van der Waals surface area contributed by atoms with Gasteiger partial charge in [0.25, 0.3) is 5.91 Å². The van der Waals surface area contributed by atoms with Crippen LogP contribution in [0.2, 0.25) is 0 Å². The summed E-state index contributed by atoms with van der Waals surface area (Å²) in [6, 6.07) is 11.1. The van der Waals surface area contributed by atoms with E-state index in [2.05, 4.69) is 31.6 Å². The van der Waals surface area contributed by atoms with Gasteiger partial charge >= 0.3 is 23.9 Å². The Morgan fingerprint density at radius 1 is 0.750 bits per heavy atom. The number of halogens is 1. The molecule has 1 fully saturated rings. The summed E-state index contributed by atoms with van der Waals surface area (Å²) in [6.45, 7) is 0.538. The average Bonchev–Trinajstić information content (AvgIpc) is 3.17. The second-order valence-electron chi connectivity index (χ2n) is 13.9. The quantitative estimate of drug-likeness (QED) is 0.0612. The summed E-state index contributed by atoms with van der Waals surface area (Å²) >= 11 is 0. The molecule has 0 radical (unpaired) electrons. The number of amides is 5. The molecule has 0 aliphatic heterocycles. The largest absolute Gasteiger partial charge is 0.481 e. The number of hydrogen-bond acceptors (Lipinski definition) is 8. The first-order valence-electron chi connectivity index (χ1n) is 18.5. The second kappa shape index (κ2) is 21.1. The number of carboxylic acids is 3. The summed E-state index contributed by atoms with van der Waals surface area (Å²) in [4.78, 5) is 89.2. The minimum atomic E-state index is -1.53. The van der Waals surface area contributed by atoms with Crippen molar-refractivity contribution in [3.8, 4) is 0 Å². The van der Waals surface area contributed by atoms with Crippen molar-refractivity contribution in [2.24, 2.45) is 11.8 Å². The third-order valence-electron chi connectivity index (χ3n) is 9.72. The molecule has 1 aliphatic carbocycles. The molecule has 0 spiro atoms. The number of benzene rings is 2. The maximum Gasteiger partial charge on any atom is 0.326 e. The predicted molar refractivity (Wildman–Crippen MR) is 200 cm³/mol. The molecule has 0 bridgehead atoms. The molecule has 56 heavy (non-hydrogen) atoms. The molecule has 3 atom stereocenters. The molecule has 1 saturated carbocycles. The predicted octanol–water partition coefficient (Wildman–Crippen LogP) is 2.99. The van der Waals surface area contributed by atoms with Gasteiger partial charge in [-0.15, -0.1) is 0 Å². The first kappa shape index (κ1) is 42.6. The van der Waals surface area contributed by atoms with Crippen LogP contribution in [0.5, 0.6) is 0 Å². The number of urea groups is 1. The molecule has 1 aliphatic rings. The number of nitrogens with zero attached hydrogens (tertiary/aromatic N) is 1. The Balaban J connectivity index is 1.28. The van der Waals surface area contributed by atoms with Gasteiger partial charge in [-0.25, -0.2) is 19.4 Å². The number of nitrogens with one attached hydrogen (secondary N) is 5. The Morgan fingerprint density at radius 3 is 2.07 bits per heavy atom. The number of carbonyl (C=O) groups is 7. The summed E-state index contributed by atoms with van der Waals surface area (Å²) in [7, 11) is 0. The molecule has 0 unspecified atom stereocenters. The van der Waals surface area contributed by atoms with Crippen molar-refractivity contribution in [2.45, 2.75) is 82.3 Å². The Kier molecular flexibility index (Phi) is 16.0. The Morgan fingerprint density at radius 2 is 1.43 bits per heavy atom. The lowest BCUT2D eigenvalue weighted by atomic mass is 9.81.